The maximum Gasteiger partial charge on any atom is 0.270 e. The van der Waals surface area contributed by atoms with Gasteiger partial charge in [0, 0.05) is 24.5 Å². The Bertz CT molecular complexity index is 414. The summed E-state index contributed by atoms with van der Waals surface area (Å²) >= 11 is 0. The number of carbonyl (C=O) groups excluding carboxylic acids is 1. The van der Waals surface area contributed by atoms with Crippen molar-refractivity contribution in [3.8, 4) is 0 Å². The van der Waals surface area contributed by atoms with E-state index in [1.165, 1.54) is 19.3 Å². The molecular formula is C15H23N3O. The number of nitrogens with one attached hydrogen (secondary N) is 2. The van der Waals surface area contributed by atoms with E-state index in [1.807, 2.05) is 12.1 Å². The molecule has 4 heteroatoms. The highest BCUT2D eigenvalue weighted by Crippen LogP contribution is 2.18. The van der Waals surface area contributed by atoms with Crippen LogP contribution >= 0.6 is 0 Å². The summed E-state index contributed by atoms with van der Waals surface area (Å²) in [5, 5.41) is 6.36. The van der Waals surface area contributed by atoms with Gasteiger partial charge in [-0.1, -0.05) is 26.2 Å². The third-order valence-electron chi connectivity index (χ3n) is 3.51. The molecule has 1 aromatic heterocycles. The SMILES string of the molecule is CCCNc1ccnc(C(=O)NC2CCCCC2)c1. The van der Waals surface area contributed by atoms with E-state index in [9.17, 15) is 4.79 Å². The lowest BCUT2D eigenvalue weighted by Crippen LogP contribution is -2.36. The smallest absolute Gasteiger partial charge is 0.270 e. The molecule has 0 aromatic carbocycles. The van der Waals surface area contributed by atoms with Crippen LogP contribution in [-0.4, -0.2) is 23.5 Å². The Balaban J connectivity index is 1.93. The van der Waals surface area contributed by atoms with Crippen LogP contribution in [-0.2, 0) is 0 Å². The van der Waals surface area contributed by atoms with E-state index in [0.717, 1.165) is 31.5 Å². The average Bonchev–Trinajstić information content (AvgIpc) is 2.46. The van der Waals surface area contributed by atoms with Crippen LogP contribution in [0.15, 0.2) is 18.3 Å². The Labute approximate surface area is 115 Å². The Hall–Kier alpha value is -1.58. The third kappa shape index (κ3) is 4.23. The number of hydrogen-bond donors (Lipinski definition) is 2. The van der Waals surface area contributed by atoms with E-state index in [0.29, 0.717) is 11.7 Å². The second-order valence-electron chi connectivity index (χ2n) is 5.16. The number of carbonyl (C=O) groups is 1. The zero-order chi connectivity index (χ0) is 13.5. The maximum absolute atomic E-state index is 12.1. The molecule has 104 valence electrons. The van der Waals surface area contributed by atoms with Gasteiger partial charge in [-0.25, -0.2) is 0 Å². The van der Waals surface area contributed by atoms with E-state index < -0.39 is 0 Å². The third-order valence-corrected chi connectivity index (χ3v) is 3.51. The standard InChI is InChI=1S/C15H23N3O/c1-2-9-16-13-8-10-17-14(11-13)15(19)18-12-6-4-3-5-7-12/h8,10-12H,2-7,9H2,1H3,(H,16,17)(H,18,19). The summed E-state index contributed by atoms with van der Waals surface area (Å²) in [6.45, 7) is 3.03. The highest BCUT2D eigenvalue weighted by Gasteiger charge is 2.17. The monoisotopic (exact) mass is 261 g/mol. The van der Waals surface area contributed by atoms with E-state index in [1.54, 1.807) is 6.20 Å². The number of pyridine rings is 1. The molecule has 1 aliphatic carbocycles. The molecule has 0 radical (unpaired) electrons. The van der Waals surface area contributed by atoms with Gasteiger partial charge in [-0.15, -0.1) is 0 Å². The second kappa shape index (κ2) is 7.12. The lowest BCUT2D eigenvalue weighted by molar-refractivity contribution is 0.0922. The van der Waals surface area contributed by atoms with Crippen LogP contribution in [0.25, 0.3) is 0 Å². The quantitative estimate of drug-likeness (QED) is 0.856. The molecule has 19 heavy (non-hydrogen) atoms. The largest absolute Gasteiger partial charge is 0.385 e. The number of amides is 1. The Kier molecular flexibility index (Phi) is 5.19. The van der Waals surface area contributed by atoms with Gasteiger partial charge in [-0.05, 0) is 31.4 Å². The van der Waals surface area contributed by atoms with E-state index in [-0.39, 0.29) is 5.91 Å². The predicted molar refractivity (Wildman–Crippen MR) is 77.4 cm³/mol. The van der Waals surface area contributed by atoms with Crippen molar-refractivity contribution < 1.29 is 4.79 Å². The fourth-order valence-electron chi connectivity index (χ4n) is 2.44. The first kappa shape index (κ1) is 13.8. The Morgan fingerprint density at radius 3 is 2.89 bits per heavy atom. The van der Waals surface area contributed by atoms with Crippen molar-refractivity contribution in [3.63, 3.8) is 0 Å². The molecule has 1 heterocycles. The van der Waals surface area contributed by atoms with Crippen LogP contribution in [0.2, 0.25) is 0 Å². The van der Waals surface area contributed by atoms with Crippen LogP contribution in [0.1, 0.15) is 55.9 Å². The van der Waals surface area contributed by atoms with Crippen molar-refractivity contribution >= 4 is 11.6 Å². The van der Waals surface area contributed by atoms with Crippen LogP contribution in [0.4, 0.5) is 5.69 Å². The summed E-state index contributed by atoms with van der Waals surface area (Å²) in [4.78, 5) is 16.3. The van der Waals surface area contributed by atoms with Gasteiger partial charge < -0.3 is 10.6 Å². The summed E-state index contributed by atoms with van der Waals surface area (Å²) in [7, 11) is 0. The number of nitrogens with zero attached hydrogens (tertiary/aromatic N) is 1. The van der Waals surface area contributed by atoms with E-state index >= 15 is 0 Å². The molecular weight excluding hydrogens is 238 g/mol. The molecule has 0 saturated heterocycles. The molecule has 4 nitrogen and oxygen atoms in total. The minimum atomic E-state index is -0.0490. The average molecular weight is 261 g/mol. The van der Waals surface area contributed by atoms with Gasteiger partial charge in [0.15, 0.2) is 0 Å². The van der Waals surface area contributed by atoms with Crippen molar-refractivity contribution in [2.45, 2.75) is 51.5 Å². The van der Waals surface area contributed by atoms with Crippen molar-refractivity contribution in [2.75, 3.05) is 11.9 Å². The van der Waals surface area contributed by atoms with Crippen molar-refractivity contribution in [1.29, 1.82) is 0 Å². The molecule has 2 N–H and O–H groups in total. The summed E-state index contributed by atoms with van der Waals surface area (Å²) in [6.07, 6.45) is 8.67. The molecule has 2 rings (SSSR count). The molecule has 0 unspecified atom stereocenters. The molecule has 1 fully saturated rings. The van der Waals surface area contributed by atoms with Crippen molar-refractivity contribution in [1.82, 2.24) is 10.3 Å². The van der Waals surface area contributed by atoms with Gasteiger partial charge in [0.2, 0.25) is 0 Å². The van der Waals surface area contributed by atoms with Gasteiger partial charge >= 0.3 is 0 Å². The molecule has 1 amide bonds. The molecule has 0 spiro atoms. The summed E-state index contributed by atoms with van der Waals surface area (Å²) < 4.78 is 0. The topological polar surface area (TPSA) is 54.0 Å². The van der Waals surface area contributed by atoms with Gasteiger partial charge in [-0.2, -0.15) is 0 Å². The van der Waals surface area contributed by atoms with Crippen molar-refractivity contribution in [2.24, 2.45) is 0 Å². The van der Waals surface area contributed by atoms with Crippen LogP contribution in [0.5, 0.6) is 0 Å². The first-order valence-corrected chi connectivity index (χ1v) is 7.30. The van der Waals surface area contributed by atoms with Gasteiger partial charge in [-0.3, -0.25) is 9.78 Å². The van der Waals surface area contributed by atoms with Crippen LogP contribution in [0.3, 0.4) is 0 Å². The second-order valence-corrected chi connectivity index (χ2v) is 5.16. The number of hydrogen-bond acceptors (Lipinski definition) is 3. The van der Waals surface area contributed by atoms with Crippen LogP contribution in [0, 0.1) is 0 Å². The first-order valence-electron chi connectivity index (χ1n) is 7.30. The minimum Gasteiger partial charge on any atom is -0.385 e. The minimum absolute atomic E-state index is 0.0490. The molecule has 0 bridgehead atoms. The molecule has 1 saturated carbocycles. The number of rotatable bonds is 5. The highest BCUT2D eigenvalue weighted by atomic mass is 16.1. The van der Waals surface area contributed by atoms with Crippen LogP contribution < -0.4 is 10.6 Å². The molecule has 1 aliphatic rings. The highest BCUT2D eigenvalue weighted by molar-refractivity contribution is 5.93. The summed E-state index contributed by atoms with van der Waals surface area (Å²) in [5.74, 6) is -0.0490. The lowest BCUT2D eigenvalue weighted by atomic mass is 9.95. The lowest BCUT2D eigenvalue weighted by Gasteiger charge is -2.22. The number of aromatic nitrogens is 1. The summed E-state index contributed by atoms with van der Waals surface area (Å²) in [5.41, 5.74) is 1.47. The zero-order valence-electron chi connectivity index (χ0n) is 11.6. The molecule has 0 aliphatic heterocycles. The Morgan fingerprint density at radius 2 is 2.16 bits per heavy atom. The van der Waals surface area contributed by atoms with E-state index in [2.05, 4.69) is 22.5 Å². The zero-order valence-corrected chi connectivity index (χ0v) is 11.6. The van der Waals surface area contributed by atoms with Gasteiger partial charge in [0.05, 0.1) is 0 Å². The number of anilines is 1. The maximum atomic E-state index is 12.1. The van der Waals surface area contributed by atoms with Gasteiger partial charge in [0.25, 0.3) is 5.91 Å². The molecule has 1 aromatic rings. The van der Waals surface area contributed by atoms with E-state index in [4.69, 9.17) is 0 Å². The normalized spacial score (nSPS) is 16.1. The first-order chi connectivity index (χ1) is 9.29. The Morgan fingerprint density at radius 1 is 1.37 bits per heavy atom. The fourth-order valence-corrected chi connectivity index (χ4v) is 2.44. The predicted octanol–water partition coefficient (Wildman–Crippen LogP) is 2.97. The van der Waals surface area contributed by atoms with Crippen molar-refractivity contribution in [3.05, 3.63) is 24.0 Å². The summed E-state index contributed by atoms with van der Waals surface area (Å²) in [6, 6.07) is 4.05. The fraction of sp³-hybridized carbons (Fsp3) is 0.600. The molecule has 0 atom stereocenters. The van der Waals surface area contributed by atoms with Gasteiger partial charge in [0.1, 0.15) is 5.69 Å².